The molecule has 0 unspecified atom stereocenters. The van der Waals surface area contributed by atoms with Crippen molar-refractivity contribution in [3.8, 4) is 16.8 Å². The summed E-state index contributed by atoms with van der Waals surface area (Å²) in [5.74, 6) is -0.0246. The summed E-state index contributed by atoms with van der Waals surface area (Å²) < 4.78 is 1.58. The van der Waals surface area contributed by atoms with Gasteiger partial charge in [-0.25, -0.2) is 4.68 Å². The van der Waals surface area contributed by atoms with Gasteiger partial charge >= 0.3 is 0 Å². The van der Waals surface area contributed by atoms with Crippen molar-refractivity contribution in [2.45, 2.75) is 20.8 Å². The maximum atomic E-state index is 13.2. The second-order valence-corrected chi connectivity index (χ2v) is 8.15. The first kappa shape index (κ1) is 21.5. The summed E-state index contributed by atoms with van der Waals surface area (Å²) in [4.78, 5) is 26.3. The minimum atomic E-state index is -0.328. The molecule has 0 fully saturated rings. The summed E-state index contributed by atoms with van der Waals surface area (Å²) in [6, 6.07) is 21.9. The Hall–Kier alpha value is -3.70. The molecule has 1 amide bonds. The van der Waals surface area contributed by atoms with Gasteiger partial charge < -0.3 is 5.32 Å². The second-order valence-electron chi connectivity index (χ2n) is 7.71. The van der Waals surface area contributed by atoms with Gasteiger partial charge in [0.1, 0.15) is 11.5 Å². The summed E-state index contributed by atoms with van der Waals surface area (Å²) in [6.07, 6.45) is 0. The summed E-state index contributed by atoms with van der Waals surface area (Å²) in [5.41, 5.74) is 4.45. The van der Waals surface area contributed by atoms with Crippen molar-refractivity contribution in [2.75, 3.05) is 5.32 Å². The van der Waals surface area contributed by atoms with Crippen LogP contribution in [0.3, 0.4) is 0 Å². The molecule has 32 heavy (non-hydrogen) atoms. The SMILES string of the molecule is Cc1ccc(C(=O)Nc2c(-c3ccc(C)cc3)c(=O)c(C)nn2-c2ccc(Cl)cc2)cc1. The van der Waals surface area contributed by atoms with Crippen molar-refractivity contribution in [1.29, 1.82) is 0 Å². The largest absolute Gasteiger partial charge is 0.306 e. The summed E-state index contributed by atoms with van der Waals surface area (Å²) in [7, 11) is 0. The van der Waals surface area contributed by atoms with Crippen LogP contribution in [0, 0.1) is 20.8 Å². The molecule has 0 radical (unpaired) electrons. The van der Waals surface area contributed by atoms with Gasteiger partial charge in [-0.15, -0.1) is 0 Å². The Labute approximate surface area is 191 Å². The molecule has 0 saturated heterocycles. The molecule has 0 atom stereocenters. The lowest BCUT2D eigenvalue weighted by molar-refractivity contribution is 0.102. The normalized spacial score (nSPS) is 10.8. The van der Waals surface area contributed by atoms with Gasteiger partial charge in [0.25, 0.3) is 5.91 Å². The van der Waals surface area contributed by atoms with Gasteiger partial charge in [0.15, 0.2) is 0 Å². The quantitative estimate of drug-likeness (QED) is 0.438. The molecule has 0 aliphatic heterocycles. The first-order chi connectivity index (χ1) is 15.3. The van der Waals surface area contributed by atoms with Gasteiger partial charge in [0.2, 0.25) is 5.43 Å². The maximum Gasteiger partial charge on any atom is 0.256 e. The lowest BCUT2D eigenvalue weighted by atomic mass is 10.0. The maximum absolute atomic E-state index is 13.2. The Morgan fingerprint density at radius 1 is 0.844 bits per heavy atom. The van der Waals surface area contributed by atoms with E-state index in [9.17, 15) is 9.59 Å². The molecular formula is C26H22ClN3O2. The number of hydrogen-bond acceptors (Lipinski definition) is 3. The Balaban J connectivity index is 1.94. The van der Waals surface area contributed by atoms with E-state index in [1.807, 2.05) is 50.2 Å². The number of nitrogens with one attached hydrogen (secondary N) is 1. The van der Waals surface area contributed by atoms with E-state index in [1.165, 1.54) is 0 Å². The highest BCUT2D eigenvalue weighted by Gasteiger charge is 2.21. The average Bonchev–Trinajstić information content (AvgIpc) is 2.78. The number of hydrogen-bond donors (Lipinski definition) is 1. The van der Waals surface area contributed by atoms with E-state index in [0.29, 0.717) is 38.9 Å². The van der Waals surface area contributed by atoms with Gasteiger partial charge in [-0.3, -0.25) is 9.59 Å². The molecule has 3 aromatic carbocycles. The standard InChI is InChI=1S/C26H22ClN3O2/c1-16-4-8-19(9-5-16)23-24(31)18(3)29-30(22-14-12-21(27)13-15-22)25(23)28-26(32)20-10-6-17(2)7-11-20/h4-15H,1-3H3,(H,28,32). The fourth-order valence-electron chi connectivity index (χ4n) is 3.40. The van der Waals surface area contributed by atoms with Crippen LogP contribution >= 0.6 is 11.6 Å². The average molecular weight is 444 g/mol. The summed E-state index contributed by atoms with van der Waals surface area (Å²) in [5, 5.41) is 8.00. The van der Waals surface area contributed by atoms with Crippen molar-refractivity contribution in [2.24, 2.45) is 0 Å². The third-order valence-electron chi connectivity index (χ3n) is 5.21. The highest BCUT2D eigenvalue weighted by atomic mass is 35.5. The van der Waals surface area contributed by atoms with Gasteiger partial charge in [0.05, 0.1) is 11.3 Å². The monoisotopic (exact) mass is 443 g/mol. The molecular weight excluding hydrogens is 422 g/mol. The van der Waals surface area contributed by atoms with Crippen molar-refractivity contribution in [1.82, 2.24) is 9.78 Å². The minimum Gasteiger partial charge on any atom is -0.306 e. The molecule has 1 heterocycles. The highest BCUT2D eigenvalue weighted by molar-refractivity contribution is 6.30. The van der Waals surface area contributed by atoms with Gasteiger partial charge in [-0.05, 0) is 62.7 Å². The van der Waals surface area contributed by atoms with E-state index in [0.717, 1.165) is 11.1 Å². The fraction of sp³-hybridized carbons (Fsp3) is 0.115. The number of carbonyl (C=O) groups excluding carboxylic acids is 1. The second kappa shape index (κ2) is 8.81. The molecule has 0 aliphatic carbocycles. The molecule has 4 rings (SSSR count). The van der Waals surface area contributed by atoms with Crippen molar-refractivity contribution >= 4 is 23.3 Å². The minimum absolute atomic E-state index is 0.238. The van der Waals surface area contributed by atoms with Gasteiger partial charge in [0, 0.05) is 10.6 Å². The van der Waals surface area contributed by atoms with Crippen LogP contribution in [0.25, 0.3) is 16.8 Å². The van der Waals surface area contributed by atoms with Gasteiger partial charge in [-0.2, -0.15) is 5.10 Å². The molecule has 1 aromatic heterocycles. The number of benzene rings is 3. The van der Waals surface area contributed by atoms with Crippen LogP contribution in [-0.4, -0.2) is 15.7 Å². The van der Waals surface area contributed by atoms with Gasteiger partial charge in [-0.1, -0.05) is 59.1 Å². The van der Waals surface area contributed by atoms with E-state index >= 15 is 0 Å². The lowest BCUT2D eigenvalue weighted by Gasteiger charge is -2.18. The van der Waals surface area contributed by atoms with Crippen LogP contribution in [0.4, 0.5) is 5.82 Å². The zero-order valence-corrected chi connectivity index (χ0v) is 18.8. The first-order valence-corrected chi connectivity index (χ1v) is 10.6. The molecule has 160 valence electrons. The van der Waals surface area contributed by atoms with Crippen LogP contribution in [-0.2, 0) is 0 Å². The van der Waals surface area contributed by atoms with Crippen molar-refractivity contribution in [3.63, 3.8) is 0 Å². The van der Waals surface area contributed by atoms with Crippen LogP contribution in [0.15, 0.2) is 77.6 Å². The van der Waals surface area contributed by atoms with Crippen LogP contribution in [0.5, 0.6) is 0 Å². The van der Waals surface area contributed by atoms with E-state index in [4.69, 9.17) is 11.6 Å². The predicted octanol–water partition coefficient (Wildman–Crippen LogP) is 5.73. The molecule has 0 aliphatic rings. The Kier molecular flexibility index (Phi) is 5.93. The van der Waals surface area contributed by atoms with E-state index in [2.05, 4.69) is 10.4 Å². The molecule has 1 N–H and O–H groups in total. The van der Waals surface area contributed by atoms with Crippen LogP contribution in [0.2, 0.25) is 5.02 Å². The number of aromatic nitrogens is 2. The third kappa shape index (κ3) is 4.34. The smallest absolute Gasteiger partial charge is 0.256 e. The number of carbonyl (C=O) groups is 1. The highest BCUT2D eigenvalue weighted by Crippen LogP contribution is 2.28. The summed E-state index contributed by atoms with van der Waals surface area (Å²) in [6.45, 7) is 5.60. The molecule has 0 saturated carbocycles. The lowest BCUT2D eigenvalue weighted by Crippen LogP contribution is -2.25. The molecule has 0 bridgehead atoms. The summed E-state index contributed by atoms with van der Waals surface area (Å²) >= 11 is 6.07. The number of rotatable bonds is 4. The van der Waals surface area contributed by atoms with Crippen LogP contribution in [0.1, 0.15) is 27.2 Å². The Morgan fingerprint density at radius 3 is 2.00 bits per heavy atom. The number of aryl methyl sites for hydroxylation is 3. The number of anilines is 1. The van der Waals surface area contributed by atoms with Crippen molar-refractivity contribution < 1.29 is 4.79 Å². The van der Waals surface area contributed by atoms with E-state index in [-0.39, 0.29) is 11.3 Å². The topological polar surface area (TPSA) is 64.0 Å². The zero-order valence-electron chi connectivity index (χ0n) is 18.0. The third-order valence-corrected chi connectivity index (χ3v) is 5.46. The number of nitrogens with zero attached hydrogens (tertiary/aromatic N) is 2. The Morgan fingerprint density at radius 2 is 1.41 bits per heavy atom. The Bertz CT molecular complexity index is 1340. The number of halogens is 1. The van der Waals surface area contributed by atoms with Crippen LogP contribution < -0.4 is 10.7 Å². The zero-order chi connectivity index (χ0) is 22.8. The molecule has 5 nitrogen and oxygen atoms in total. The van der Waals surface area contributed by atoms with E-state index < -0.39 is 0 Å². The molecule has 0 spiro atoms. The predicted molar refractivity (Wildman–Crippen MR) is 129 cm³/mol. The fourth-order valence-corrected chi connectivity index (χ4v) is 3.52. The van der Waals surface area contributed by atoms with E-state index in [1.54, 1.807) is 48.0 Å². The first-order valence-electron chi connectivity index (χ1n) is 10.2. The molecule has 6 heteroatoms. The molecule has 4 aromatic rings. The van der Waals surface area contributed by atoms with Crippen molar-refractivity contribution in [3.05, 3.63) is 110 Å². The number of amides is 1.